The number of hydrogen-bond acceptors (Lipinski definition) is 4. The number of nitrogens with zero attached hydrogens (tertiary/aromatic N) is 2. The molecule has 5 heteroatoms. The fourth-order valence-corrected chi connectivity index (χ4v) is 0.906. The monoisotopic (exact) mass is 170 g/mol. The molecule has 0 saturated carbocycles. The third kappa shape index (κ3) is 2.02. The highest BCUT2D eigenvalue weighted by molar-refractivity contribution is 4.95. The summed E-state index contributed by atoms with van der Waals surface area (Å²) in [7, 11) is 0. The number of aliphatic hydroxyl groups excluding tert-OH is 1. The zero-order valence-corrected chi connectivity index (χ0v) is 7.12. The number of nitrogens with one attached hydrogen (secondary N) is 1. The van der Waals surface area contributed by atoms with Crippen molar-refractivity contribution in [2.75, 3.05) is 6.61 Å². The molecule has 12 heavy (non-hydrogen) atoms. The van der Waals surface area contributed by atoms with Gasteiger partial charge in [-0.25, -0.2) is 4.98 Å². The van der Waals surface area contributed by atoms with E-state index in [1.807, 2.05) is 0 Å². The molecule has 1 atom stereocenters. The molecule has 68 valence electrons. The Hall–Kier alpha value is -0.940. The Morgan fingerprint density at radius 3 is 3.00 bits per heavy atom. The molecule has 1 aromatic rings. The number of aromatic nitrogens is 3. The highest BCUT2D eigenvalue weighted by Crippen LogP contribution is 2.03. The molecule has 1 rings (SSSR count). The second-order valence-corrected chi connectivity index (χ2v) is 2.68. The molecule has 0 unspecified atom stereocenters. The van der Waals surface area contributed by atoms with Crippen LogP contribution >= 0.6 is 0 Å². The van der Waals surface area contributed by atoms with Gasteiger partial charge in [0.1, 0.15) is 5.82 Å². The fourth-order valence-electron chi connectivity index (χ4n) is 0.906. The Morgan fingerprint density at radius 1 is 1.67 bits per heavy atom. The first-order valence-electron chi connectivity index (χ1n) is 4.05. The molecule has 1 aromatic heterocycles. The molecule has 0 fully saturated rings. The molecular weight excluding hydrogens is 156 g/mol. The van der Waals surface area contributed by atoms with Gasteiger partial charge in [-0.1, -0.05) is 6.92 Å². The molecule has 0 aromatic carbocycles. The van der Waals surface area contributed by atoms with Crippen LogP contribution in [0.15, 0.2) is 0 Å². The van der Waals surface area contributed by atoms with E-state index in [-0.39, 0.29) is 6.61 Å². The largest absolute Gasteiger partial charge is 0.394 e. The van der Waals surface area contributed by atoms with Gasteiger partial charge in [0.2, 0.25) is 0 Å². The van der Waals surface area contributed by atoms with Crippen molar-refractivity contribution in [3.63, 3.8) is 0 Å². The maximum Gasteiger partial charge on any atom is 0.169 e. The average Bonchev–Trinajstić information content (AvgIpc) is 2.52. The van der Waals surface area contributed by atoms with Crippen LogP contribution in [0, 0.1) is 0 Å². The summed E-state index contributed by atoms with van der Waals surface area (Å²) in [6.07, 6.45) is 1.88. The third-order valence-corrected chi connectivity index (χ3v) is 1.56. The van der Waals surface area contributed by atoms with Gasteiger partial charge in [-0.05, 0) is 6.42 Å². The summed E-state index contributed by atoms with van der Waals surface area (Å²) in [6, 6.07) is -0.466. The Bertz CT molecular complexity index is 235. The quantitative estimate of drug-likeness (QED) is 0.581. The summed E-state index contributed by atoms with van der Waals surface area (Å²) in [5.74, 6) is 1.32. The number of hydrogen-bond donors (Lipinski definition) is 3. The Balaban J connectivity index is 2.63. The number of H-pyrrole nitrogens is 1. The van der Waals surface area contributed by atoms with Crippen LogP contribution in [0.5, 0.6) is 0 Å². The van der Waals surface area contributed by atoms with Gasteiger partial charge < -0.3 is 10.8 Å². The minimum Gasteiger partial charge on any atom is -0.394 e. The number of aliphatic hydroxyl groups is 1. The van der Waals surface area contributed by atoms with Gasteiger partial charge >= 0.3 is 0 Å². The van der Waals surface area contributed by atoms with Gasteiger partial charge in [-0.15, -0.1) is 0 Å². The molecule has 5 nitrogen and oxygen atoms in total. The SMILES string of the molecule is CCCc1nc([C@@H](N)CO)n[nH]1. The second-order valence-electron chi connectivity index (χ2n) is 2.68. The molecule has 0 bridgehead atoms. The summed E-state index contributed by atoms with van der Waals surface area (Å²) in [6.45, 7) is 1.94. The molecule has 4 N–H and O–H groups in total. The highest BCUT2D eigenvalue weighted by atomic mass is 16.3. The van der Waals surface area contributed by atoms with Crippen LogP contribution in [-0.4, -0.2) is 26.9 Å². The minimum absolute atomic E-state index is 0.122. The van der Waals surface area contributed by atoms with Crippen molar-refractivity contribution in [1.82, 2.24) is 15.2 Å². The number of nitrogens with two attached hydrogens (primary N) is 1. The van der Waals surface area contributed by atoms with Gasteiger partial charge in [0.05, 0.1) is 12.6 Å². The summed E-state index contributed by atoms with van der Waals surface area (Å²) in [5.41, 5.74) is 5.51. The second kappa shape index (κ2) is 4.18. The topological polar surface area (TPSA) is 87.8 Å². The molecule has 0 spiro atoms. The smallest absolute Gasteiger partial charge is 0.169 e. The molecule has 1 heterocycles. The van der Waals surface area contributed by atoms with Crippen molar-refractivity contribution in [1.29, 1.82) is 0 Å². The first kappa shape index (κ1) is 9.15. The van der Waals surface area contributed by atoms with E-state index in [1.54, 1.807) is 0 Å². The predicted octanol–water partition coefficient (Wildman–Crippen LogP) is -0.251. The van der Waals surface area contributed by atoms with E-state index in [9.17, 15) is 0 Å². The first-order chi connectivity index (χ1) is 5.77. The lowest BCUT2D eigenvalue weighted by Crippen LogP contribution is -2.16. The molecule has 0 amide bonds. The summed E-state index contributed by atoms with van der Waals surface area (Å²) >= 11 is 0. The lowest BCUT2D eigenvalue weighted by Gasteiger charge is -1.99. The highest BCUT2D eigenvalue weighted by Gasteiger charge is 2.09. The Kier molecular flexibility index (Phi) is 3.19. The molecular formula is C7H14N4O. The third-order valence-electron chi connectivity index (χ3n) is 1.56. The standard InChI is InChI=1S/C7H14N4O/c1-2-3-6-9-7(11-10-6)5(8)4-12/h5,12H,2-4,8H2,1H3,(H,9,10,11)/t5-/m0/s1. The van der Waals surface area contributed by atoms with Gasteiger partial charge in [0.25, 0.3) is 0 Å². The van der Waals surface area contributed by atoms with Crippen LogP contribution in [-0.2, 0) is 6.42 Å². The van der Waals surface area contributed by atoms with Gasteiger partial charge in [-0.3, -0.25) is 5.10 Å². The van der Waals surface area contributed by atoms with Crippen molar-refractivity contribution in [3.8, 4) is 0 Å². The van der Waals surface area contributed by atoms with Crippen LogP contribution in [0.25, 0.3) is 0 Å². The maximum atomic E-state index is 8.71. The van der Waals surface area contributed by atoms with E-state index in [1.165, 1.54) is 0 Å². The van der Waals surface area contributed by atoms with Crippen molar-refractivity contribution in [2.24, 2.45) is 5.73 Å². The molecule has 0 radical (unpaired) electrons. The number of aryl methyl sites for hydroxylation is 1. The number of aromatic amines is 1. The van der Waals surface area contributed by atoms with E-state index in [0.29, 0.717) is 5.82 Å². The Morgan fingerprint density at radius 2 is 2.42 bits per heavy atom. The molecule has 0 aliphatic rings. The zero-order chi connectivity index (χ0) is 8.97. The van der Waals surface area contributed by atoms with E-state index >= 15 is 0 Å². The van der Waals surface area contributed by atoms with Crippen LogP contribution in [0.2, 0.25) is 0 Å². The van der Waals surface area contributed by atoms with Crippen molar-refractivity contribution < 1.29 is 5.11 Å². The van der Waals surface area contributed by atoms with Gasteiger partial charge in [0.15, 0.2) is 5.82 Å². The van der Waals surface area contributed by atoms with Crippen LogP contribution < -0.4 is 5.73 Å². The lowest BCUT2D eigenvalue weighted by molar-refractivity contribution is 0.263. The van der Waals surface area contributed by atoms with Crippen LogP contribution in [0.4, 0.5) is 0 Å². The van der Waals surface area contributed by atoms with Crippen LogP contribution in [0.3, 0.4) is 0 Å². The predicted molar refractivity (Wildman–Crippen MR) is 44.4 cm³/mol. The summed E-state index contributed by atoms with van der Waals surface area (Å²) in [5, 5.41) is 15.4. The van der Waals surface area contributed by atoms with E-state index in [0.717, 1.165) is 18.7 Å². The maximum absolute atomic E-state index is 8.71. The van der Waals surface area contributed by atoms with E-state index in [4.69, 9.17) is 10.8 Å². The summed E-state index contributed by atoms with van der Waals surface area (Å²) < 4.78 is 0. The zero-order valence-electron chi connectivity index (χ0n) is 7.12. The lowest BCUT2D eigenvalue weighted by atomic mass is 10.3. The van der Waals surface area contributed by atoms with Gasteiger partial charge in [0, 0.05) is 6.42 Å². The van der Waals surface area contributed by atoms with Gasteiger partial charge in [-0.2, -0.15) is 5.10 Å². The summed E-state index contributed by atoms with van der Waals surface area (Å²) in [4.78, 5) is 4.12. The average molecular weight is 170 g/mol. The number of rotatable bonds is 4. The fraction of sp³-hybridized carbons (Fsp3) is 0.714. The minimum atomic E-state index is -0.466. The van der Waals surface area contributed by atoms with Crippen LogP contribution in [0.1, 0.15) is 31.0 Å². The van der Waals surface area contributed by atoms with Crippen molar-refractivity contribution >= 4 is 0 Å². The first-order valence-corrected chi connectivity index (χ1v) is 4.05. The van der Waals surface area contributed by atoms with Crippen molar-refractivity contribution in [3.05, 3.63) is 11.6 Å². The Labute approximate surface area is 71.0 Å². The normalized spacial score (nSPS) is 13.2. The van der Waals surface area contributed by atoms with E-state index in [2.05, 4.69) is 22.1 Å². The molecule has 0 aliphatic carbocycles. The molecule has 0 saturated heterocycles. The molecule has 0 aliphatic heterocycles. The van der Waals surface area contributed by atoms with E-state index < -0.39 is 6.04 Å². The van der Waals surface area contributed by atoms with Crippen molar-refractivity contribution in [2.45, 2.75) is 25.8 Å².